The van der Waals surface area contributed by atoms with Crippen molar-refractivity contribution >= 4 is 0 Å². The third-order valence-electron chi connectivity index (χ3n) is 13.3. The van der Waals surface area contributed by atoms with Crippen LogP contribution >= 0.6 is 0 Å². The van der Waals surface area contributed by atoms with Gasteiger partial charge in [0.25, 0.3) is 0 Å². The van der Waals surface area contributed by atoms with Gasteiger partial charge in [0.1, 0.15) is 23.8 Å². The zero-order valence-corrected chi connectivity index (χ0v) is 65.5. The van der Waals surface area contributed by atoms with Gasteiger partial charge in [-0.25, -0.2) is 29.9 Å². The third kappa shape index (κ3) is 57.7. The molecule has 5 N–H and O–H groups in total. The number of H-pyrrole nitrogens is 5. The van der Waals surface area contributed by atoms with Gasteiger partial charge in [0, 0.05) is 171 Å². The molecule has 20 nitrogen and oxygen atoms in total. The van der Waals surface area contributed by atoms with Crippen LogP contribution in [0.1, 0.15) is 332 Å². The molecule has 20 heteroatoms. The zero-order valence-electron chi connectivity index (χ0n) is 65.5. The van der Waals surface area contributed by atoms with Crippen molar-refractivity contribution in [1.82, 2.24) is 101 Å². The first-order valence-corrected chi connectivity index (χ1v) is 33.6. The Labute approximate surface area is 675 Å². The molecule has 0 atom stereocenters. The number of imidazole rings is 2. The normalized spacial score (nSPS) is 10.2. The van der Waals surface area contributed by atoms with Crippen molar-refractivity contribution in [3.8, 4) is 0 Å². The van der Waals surface area contributed by atoms with Crippen LogP contribution in [-0.4, -0.2) is 101 Å². The van der Waals surface area contributed by atoms with Gasteiger partial charge in [-0.2, -0.15) is 10.3 Å². The monoisotopic (exact) mass is 1530 g/mol. The molecule has 0 saturated carbocycles. The molecule has 0 radical (unpaired) electrons. The number of hydrogen-bond donors (Lipinski definition) is 5. The predicted octanol–water partition coefficient (Wildman–Crippen LogP) is 25.4. The van der Waals surface area contributed by atoms with E-state index >= 15 is 0 Å². The van der Waals surface area contributed by atoms with Crippen LogP contribution in [0.2, 0.25) is 0 Å². The highest BCUT2D eigenvalue weighted by Crippen LogP contribution is 2.23. The number of hydrogen-bond acceptors (Lipinski definition) is 15. The summed E-state index contributed by atoms with van der Waals surface area (Å²) in [7, 11) is 0. The predicted molar refractivity (Wildman–Crippen MR) is 481 cm³/mol. The number of tetrazole rings is 1. The fraction of sp³-hybridized carbons (Fsp3) is 0.544. The molecule has 0 aliphatic rings. The van der Waals surface area contributed by atoms with Gasteiger partial charge in [0.2, 0.25) is 0 Å². The zero-order chi connectivity index (χ0) is 75.2. The molecular weight excluding hydrogens is 1360 g/mol. The van der Waals surface area contributed by atoms with E-state index < -0.39 is 0 Å². The number of nitrogens with zero attached hydrogens (tertiary/aromatic N) is 15. The van der Waals surface area contributed by atoms with Crippen LogP contribution < -0.4 is 0 Å². The minimum Gasteiger partial charge on any atom is -0.365 e. The number of aryl methyl sites for hydroxylation is 2. The molecule has 0 amide bonds. The van der Waals surface area contributed by atoms with E-state index in [1.54, 1.807) is 86.9 Å². The lowest BCUT2D eigenvalue weighted by atomic mass is 9.88. The van der Waals surface area contributed by atoms with Crippen molar-refractivity contribution in [3.05, 3.63) is 247 Å². The van der Waals surface area contributed by atoms with Crippen LogP contribution in [0.5, 0.6) is 0 Å². The number of nitrogens with one attached hydrogen (secondary N) is 5. The summed E-state index contributed by atoms with van der Waals surface area (Å²) in [6.45, 7) is 61.6. The fourth-order valence-electron chi connectivity index (χ4n) is 7.09. The highest BCUT2D eigenvalue weighted by atomic mass is 15.5. The molecule has 0 aliphatic heterocycles. The number of aromatic amines is 5. The van der Waals surface area contributed by atoms with Crippen molar-refractivity contribution in [2.75, 3.05) is 0 Å². The van der Waals surface area contributed by atoms with Crippen LogP contribution in [0, 0.1) is 13.8 Å². The average Bonchev–Trinajstić information content (AvgIpc) is 1.72. The third-order valence-corrected chi connectivity index (χ3v) is 13.3. The molecule has 11 rings (SSSR count). The van der Waals surface area contributed by atoms with Gasteiger partial charge < -0.3 is 15.0 Å². The van der Waals surface area contributed by atoms with Crippen LogP contribution in [0.25, 0.3) is 0 Å². The van der Waals surface area contributed by atoms with E-state index in [4.69, 9.17) is 0 Å². The molecule has 11 aromatic rings. The van der Waals surface area contributed by atoms with Crippen LogP contribution in [0.3, 0.4) is 0 Å². The van der Waals surface area contributed by atoms with Gasteiger partial charge in [-0.3, -0.25) is 30.0 Å². The summed E-state index contributed by atoms with van der Waals surface area (Å²) in [5.74, 6) is 3.74. The Morgan fingerprint density at radius 3 is 1.00 bits per heavy atom. The first-order chi connectivity index (χ1) is 45.7. The van der Waals surface area contributed by atoms with E-state index in [0.717, 1.165) is 40.4 Å². The molecule has 626 valence electrons. The van der Waals surface area contributed by atoms with Crippen LogP contribution in [0.4, 0.5) is 0 Å². The topological polar surface area (TPSA) is 272 Å². The number of pyridine rings is 3. The van der Waals surface area contributed by atoms with E-state index in [9.17, 15) is 0 Å². The Balaban J connectivity index is -0.000000108. The van der Waals surface area contributed by atoms with Crippen molar-refractivity contribution in [2.24, 2.45) is 0 Å². The molecule has 11 aromatic heterocycles. The minimum absolute atomic E-state index is 0. The molecule has 11 heterocycles. The fourth-order valence-corrected chi connectivity index (χ4v) is 7.09. The van der Waals surface area contributed by atoms with Crippen molar-refractivity contribution in [2.45, 2.75) is 331 Å². The standard InChI is InChI=1S/C9H13N.3C8H12N2.C8H13N.3C7H12N2.2C6H7N.C5H10N4.11CH4/c1-9(2,3)8-5-4-6-10-7-8;1-8(2,3)7-6-9-4-5-10-7;1-8(2,3)7-4-5-9-6-10-7;1-8(2,3)7-9-5-4-6-10-7;1-8(2,3)7-5-4-6-9-7;2*1-7(2,3)6-8-4-5-9-6;1-7(2,3)6-4-5-8-9-6;1-6-2-4-7-5-3-6;1-6-4-2-3-5-7-6;1-5(2,3)4-6-8-9-7-4;;;;;;;;;;;/h4-7H,1-3H3;3*4-6H,1-3H3;4-6,9H,1-3H3;3*4-5H,1-3H3,(H,8,9);2*2-5H,1H3;1-3H3,(H,6,7,8,9);11*1H4. The SMILES string of the molecule is C.C.C.C.C.C.C.C.C.C.C.CC(C)(C)c1ccc[nH]1.CC(C)(C)c1cccnc1.CC(C)(C)c1ccn[nH]1.CC(C)(C)c1ccncn1.CC(C)(C)c1cnccn1.CC(C)(C)c1ncc[nH]1.CC(C)(C)c1ncc[nH]1.CC(C)(C)c1ncccn1.CC(C)(C)c1nn[nH]n1.Cc1ccccn1.Cc1ccncc1. The van der Waals surface area contributed by atoms with Gasteiger partial charge in [0.15, 0.2) is 5.82 Å². The number of aromatic nitrogens is 20. The molecule has 0 unspecified atom stereocenters. The molecule has 0 aliphatic carbocycles. The van der Waals surface area contributed by atoms with Gasteiger partial charge in [-0.15, -0.1) is 10.2 Å². The van der Waals surface area contributed by atoms with Gasteiger partial charge in [-0.05, 0) is 91.1 Å². The Morgan fingerprint density at radius 1 is 0.291 bits per heavy atom. The maximum Gasteiger partial charge on any atom is 0.179 e. The Bertz CT molecular complexity index is 3130. The molecule has 110 heavy (non-hydrogen) atoms. The summed E-state index contributed by atoms with van der Waals surface area (Å²) in [6, 6.07) is 23.8. The van der Waals surface area contributed by atoms with Crippen molar-refractivity contribution in [3.63, 3.8) is 0 Å². The lowest BCUT2D eigenvalue weighted by Crippen LogP contribution is -2.14. The molecule has 0 spiro atoms. The summed E-state index contributed by atoms with van der Waals surface area (Å²) in [4.78, 5) is 53.9. The number of rotatable bonds is 0. The maximum atomic E-state index is 4.19. The van der Waals surface area contributed by atoms with Gasteiger partial charge in [-0.1, -0.05) is 286 Å². The van der Waals surface area contributed by atoms with E-state index in [2.05, 4.69) is 279 Å². The lowest BCUT2D eigenvalue weighted by molar-refractivity contribution is 0.545. The smallest absolute Gasteiger partial charge is 0.179 e. The summed E-state index contributed by atoms with van der Waals surface area (Å²) >= 11 is 0. The molecule has 0 aromatic carbocycles. The van der Waals surface area contributed by atoms with Crippen LogP contribution in [0.15, 0.2) is 184 Å². The van der Waals surface area contributed by atoms with E-state index in [1.807, 2.05) is 120 Å². The Kier molecular flexibility index (Phi) is 67.3. The van der Waals surface area contributed by atoms with Crippen molar-refractivity contribution in [1.29, 1.82) is 0 Å². The first kappa shape index (κ1) is 124. The molecule has 0 saturated heterocycles. The second kappa shape index (κ2) is 59.5. The quantitative estimate of drug-likeness (QED) is 0.0944. The molecule has 0 fully saturated rings. The first-order valence-electron chi connectivity index (χ1n) is 33.6. The summed E-state index contributed by atoms with van der Waals surface area (Å²) < 4.78 is 0. The van der Waals surface area contributed by atoms with E-state index in [1.165, 1.54) is 22.5 Å². The molecule has 0 bridgehead atoms. The minimum atomic E-state index is 0. The van der Waals surface area contributed by atoms with E-state index in [-0.39, 0.29) is 130 Å². The largest absolute Gasteiger partial charge is 0.365 e. The highest BCUT2D eigenvalue weighted by Gasteiger charge is 2.20. The summed E-state index contributed by atoms with van der Waals surface area (Å²) in [6.07, 6.45) is 32.2. The highest BCUT2D eigenvalue weighted by molar-refractivity contribution is 5.18. The van der Waals surface area contributed by atoms with Gasteiger partial charge >= 0.3 is 0 Å². The second-order valence-electron chi connectivity index (χ2n) is 32.4. The van der Waals surface area contributed by atoms with E-state index in [0.29, 0.717) is 0 Å². The average molecular weight is 1530 g/mol. The van der Waals surface area contributed by atoms with Gasteiger partial charge in [0.05, 0.1) is 5.69 Å². The second-order valence-corrected chi connectivity index (χ2v) is 32.4. The molecular formula is C90H166N20. The maximum absolute atomic E-state index is 4.19. The summed E-state index contributed by atoms with van der Waals surface area (Å²) in [5, 5.41) is 20.3. The van der Waals surface area contributed by atoms with Crippen molar-refractivity contribution < 1.29 is 0 Å². The Hall–Kier alpha value is -9.33. The van der Waals surface area contributed by atoms with Crippen LogP contribution in [-0.2, 0) is 48.7 Å². The summed E-state index contributed by atoms with van der Waals surface area (Å²) in [5.41, 5.74) is 9.57. The lowest BCUT2D eigenvalue weighted by Gasteiger charge is -2.17. The Morgan fingerprint density at radius 2 is 0.782 bits per heavy atom.